The summed E-state index contributed by atoms with van der Waals surface area (Å²) >= 11 is 0. The Bertz CT molecular complexity index is 1140. The summed E-state index contributed by atoms with van der Waals surface area (Å²) in [4.78, 5) is 13.1. The van der Waals surface area contributed by atoms with Crippen molar-refractivity contribution in [1.29, 1.82) is 0 Å². The fourth-order valence-corrected chi connectivity index (χ4v) is 10.6. The number of rotatable bonds is 56. The summed E-state index contributed by atoms with van der Waals surface area (Å²) in [5.41, 5.74) is 0. The Balaban J connectivity index is 2.12. The Morgan fingerprint density at radius 2 is 0.778 bits per heavy atom. The highest BCUT2D eigenvalue weighted by atomic mass is 16.7. The van der Waals surface area contributed by atoms with Crippen LogP contribution in [-0.4, -0.2) is 87.5 Å². The highest BCUT2D eigenvalue weighted by Gasteiger charge is 2.44. The first kappa shape index (κ1) is 68.9. The number of hydrogen-bond donors (Lipinski definition) is 6. The second-order valence-corrected chi connectivity index (χ2v) is 22.6. The van der Waals surface area contributed by atoms with E-state index in [2.05, 4.69) is 31.3 Å². The molecular weight excluding hydrogens is 899 g/mol. The third-order valence-corrected chi connectivity index (χ3v) is 15.6. The molecule has 0 aromatic heterocycles. The number of carbonyl (C=O) groups is 1. The first-order valence-electron chi connectivity index (χ1n) is 31.9. The van der Waals surface area contributed by atoms with Gasteiger partial charge in [0.25, 0.3) is 0 Å². The normalized spacial score (nSPS) is 19.1. The Labute approximate surface area is 446 Å². The highest BCUT2D eigenvalue weighted by molar-refractivity contribution is 5.76. The number of nitrogens with one attached hydrogen (secondary N) is 1. The zero-order valence-electron chi connectivity index (χ0n) is 47.7. The molecule has 7 atom stereocenters. The molecule has 1 rings (SSSR count). The average Bonchev–Trinajstić information content (AvgIpc) is 3.38. The summed E-state index contributed by atoms with van der Waals surface area (Å²) in [7, 11) is 0. The second-order valence-electron chi connectivity index (χ2n) is 22.6. The lowest BCUT2D eigenvalue weighted by Gasteiger charge is -2.40. The molecule has 0 bridgehead atoms. The van der Waals surface area contributed by atoms with Crippen LogP contribution in [0.15, 0.2) is 12.2 Å². The van der Waals surface area contributed by atoms with Crippen LogP contribution in [0.3, 0.4) is 0 Å². The van der Waals surface area contributed by atoms with Gasteiger partial charge in [-0.25, -0.2) is 0 Å². The van der Waals surface area contributed by atoms with Crippen molar-refractivity contribution in [2.24, 2.45) is 0 Å². The largest absolute Gasteiger partial charge is 0.394 e. The maximum Gasteiger partial charge on any atom is 0.220 e. The predicted octanol–water partition coefficient (Wildman–Crippen LogP) is 16.4. The van der Waals surface area contributed by atoms with E-state index < -0.39 is 49.5 Å². The zero-order valence-corrected chi connectivity index (χ0v) is 47.7. The lowest BCUT2D eigenvalue weighted by atomic mass is 9.99. The summed E-state index contributed by atoms with van der Waals surface area (Å²) in [5, 5.41) is 54.8. The third kappa shape index (κ3) is 42.1. The summed E-state index contributed by atoms with van der Waals surface area (Å²) in [6.07, 6.45) is 59.7. The molecule has 0 spiro atoms. The van der Waals surface area contributed by atoms with E-state index in [1.165, 1.54) is 263 Å². The number of amides is 1. The number of aliphatic hydroxyl groups is 5. The molecule has 0 aliphatic carbocycles. The van der Waals surface area contributed by atoms with Gasteiger partial charge in [-0.1, -0.05) is 296 Å². The number of unbranched alkanes of at least 4 members (excludes halogenated alkanes) is 44. The summed E-state index contributed by atoms with van der Waals surface area (Å²) in [6.45, 7) is 3.89. The number of allylic oxidation sites excluding steroid dienone is 2. The molecule has 0 radical (unpaired) electrons. The molecule has 1 aliphatic heterocycles. The topological polar surface area (TPSA) is 149 Å². The number of aliphatic hydroxyl groups excluding tert-OH is 5. The van der Waals surface area contributed by atoms with Crippen molar-refractivity contribution in [2.45, 2.75) is 371 Å². The Morgan fingerprint density at radius 1 is 0.458 bits per heavy atom. The van der Waals surface area contributed by atoms with Gasteiger partial charge in [0.1, 0.15) is 24.4 Å². The molecule has 1 heterocycles. The first-order chi connectivity index (χ1) is 35.3. The molecule has 1 fully saturated rings. The molecule has 7 unspecified atom stereocenters. The molecular formula is C63H123NO8. The average molecular weight is 1020 g/mol. The monoisotopic (exact) mass is 1020 g/mol. The van der Waals surface area contributed by atoms with Crippen LogP contribution in [0.4, 0.5) is 0 Å². The quantitative estimate of drug-likeness (QED) is 0.0261. The number of hydrogen-bond acceptors (Lipinski definition) is 8. The van der Waals surface area contributed by atoms with Crippen molar-refractivity contribution in [1.82, 2.24) is 5.32 Å². The fraction of sp³-hybridized carbons (Fsp3) is 0.952. The van der Waals surface area contributed by atoms with Crippen LogP contribution in [0.2, 0.25) is 0 Å². The van der Waals surface area contributed by atoms with E-state index in [0.717, 1.165) is 38.5 Å². The summed E-state index contributed by atoms with van der Waals surface area (Å²) in [5.74, 6) is -0.137. The Kier molecular flexibility index (Phi) is 51.1. The first-order valence-corrected chi connectivity index (χ1v) is 31.9. The van der Waals surface area contributed by atoms with E-state index in [1.807, 2.05) is 0 Å². The minimum Gasteiger partial charge on any atom is -0.394 e. The van der Waals surface area contributed by atoms with Gasteiger partial charge in [0.05, 0.1) is 25.4 Å². The standard InChI is InChI=1S/C63H123NO8/c1-3-5-7-9-11-13-15-17-19-21-23-24-25-26-27-28-29-30-31-32-33-35-37-39-41-43-45-47-49-51-53-59(67)64-56(55-71-63-62(70)61(69)60(68)58(54-65)72-63)57(66)52-50-48-46-44-42-40-38-36-34-22-20-18-16-14-12-10-8-6-4-2/h26-27,56-58,60-63,65-66,68-70H,3-25,28-55H2,1-2H3,(H,64,67)/b27-26-. The van der Waals surface area contributed by atoms with E-state index >= 15 is 0 Å². The van der Waals surface area contributed by atoms with Crippen molar-refractivity contribution in [2.75, 3.05) is 13.2 Å². The minimum atomic E-state index is -1.55. The van der Waals surface area contributed by atoms with Gasteiger partial charge < -0.3 is 40.3 Å². The zero-order chi connectivity index (χ0) is 52.2. The lowest BCUT2D eigenvalue weighted by molar-refractivity contribution is -0.302. The van der Waals surface area contributed by atoms with Crippen LogP contribution in [0.1, 0.15) is 328 Å². The molecule has 72 heavy (non-hydrogen) atoms. The third-order valence-electron chi connectivity index (χ3n) is 15.6. The molecule has 9 nitrogen and oxygen atoms in total. The van der Waals surface area contributed by atoms with E-state index in [4.69, 9.17) is 9.47 Å². The number of ether oxygens (including phenoxy) is 2. The van der Waals surface area contributed by atoms with Gasteiger partial charge in [0, 0.05) is 6.42 Å². The predicted molar refractivity (Wildman–Crippen MR) is 304 cm³/mol. The molecule has 6 N–H and O–H groups in total. The van der Waals surface area contributed by atoms with Gasteiger partial charge in [0.2, 0.25) is 5.91 Å². The van der Waals surface area contributed by atoms with Crippen molar-refractivity contribution in [3.05, 3.63) is 12.2 Å². The highest BCUT2D eigenvalue weighted by Crippen LogP contribution is 2.24. The van der Waals surface area contributed by atoms with Crippen LogP contribution >= 0.6 is 0 Å². The number of carbonyl (C=O) groups excluding carboxylic acids is 1. The van der Waals surface area contributed by atoms with Gasteiger partial charge in [-0.2, -0.15) is 0 Å². The van der Waals surface area contributed by atoms with Gasteiger partial charge in [-0.05, 0) is 38.5 Å². The van der Waals surface area contributed by atoms with Crippen LogP contribution < -0.4 is 5.32 Å². The Hall–Kier alpha value is -1.07. The maximum absolute atomic E-state index is 13.1. The van der Waals surface area contributed by atoms with Gasteiger partial charge in [-0.3, -0.25) is 4.79 Å². The van der Waals surface area contributed by atoms with E-state index in [9.17, 15) is 30.3 Å². The van der Waals surface area contributed by atoms with Gasteiger partial charge in [-0.15, -0.1) is 0 Å². The second kappa shape index (κ2) is 53.3. The molecule has 1 amide bonds. The summed E-state index contributed by atoms with van der Waals surface area (Å²) < 4.78 is 11.3. The molecule has 0 saturated carbocycles. The molecule has 1 saturated heterocycles. The van der Waals surface area contributed by atoms with Gasteiger partial charge >= 0.3 is 0 Å². The van der Waals surface area contributed by atoms with Crippen molar-refractivity contribution < 1.29 is 39.8 Å². The molecule has 428 valence electrons. The fourth-order valence-electron chi connectivity index (χ4n) is 10.6. The van der Waals surface area contributed by atoms with Gasteiger partial charge in [0.15, 0.2) is 6.29 Å². The molecule has 0 aromatic rings. The van der Waals surface area contributed by atoms with Crippen LogP contribution in [0.25, 0.3) is 0 Å². The van der Waals surface area contributed by atoms with E-state index in [0.29, 0.717) is 12.8 Å². The van der Waals surface area contributed by atoms with E-state index in [-0.39, 0.29) is 12.5 Å². The smallest absolute Gasteiger partial charge is 0.220 e. The maximum atomic E-state index is 13.1. The van der Waals surface area contributed by atoms with Crippen LogP contribution in [0, 0.1) is 0 Å². The van der Waals surface area contributed by atoms with Crippen LogP contribution in [-0.2, 0) is 14.3 Å². The lowest BCUT2D eigenvalue weighted by Crippen LogP contribution is -2.60. The minimum absolute atomic E-state index is 0.133. The van der Waals surface area contributed by atoms with Crippen molar-refractivity contribution in [3.8, 4) is 0 Å². The Morgan fingerprint density at radius 3 is 1.12 bits per heavy atom. The molecule has 0 aromatic carbocycles. The van der Waals surface area contributed by atoms with Crippen LogP contribution in [0.5, 0.6) is 0 Å². The van der Waals surface area contributed by atoms with Crippen molar-refractivity contribution >= 4 is 5.91 Å². The molecule has 1 aliphatic rings. The SMILES string of the molecule is CCCCCCCCCCCCCC/C=C\CCCCCCCCCCCCCCCCC(=O)NC(COC1OC(CO)C(O)C(O)C1O)C(O)CCCCCCCCCCCCCCCCCCCCC. The summed E-state index contributed by atoms with van der Waals surface area (Å²) in [6, 6.07) is -0.716. The van der Waals surface area contributed by atoms with Crippen molar-refractivity contribution in [3.63, 3.8) is 0 Å². The molecule has 9 heteroatoms. The van der Waals surface area contributed by atoms with E-state index in [1.54, 1.807) is 0 Å².